The number of methoxy groups -OCH3 is 1. The first-order valence-corrected chi connectivity index (χ1v) is 6.94. The number of likely N-dealkylation sites (N-methyl/N-ethyl adjacent to an activating group) is 1. The van der Waals surface area contributed by atoms with Gasteiger partial charge in [-0.25, -0.2) is 0 Å². The number of aromatic nitrogens is 2. The van der Waals surface area contributed by atoms with Gasteiger partial charge < -0.3 is 14.4 Å². The monoisotopic (exact) mass is 291 g/mol. The second kappa shape index (κ2) is 7.19. The molecule has 114 valence electrons. The number of hydrogen-bond acceptors (Lipinski definition) is 6. The van der Waals surface area contributed by atoms with Gasteiger partial charge in [0.05, 0.1) is 19.8 Å². The Bertz CT molecular complexity index is 571. The lowest BCUT2D eigenvalue weighted by Gasteiger charge is -2.19. The Morgan fingerprint density at radius 2 is 2.24 bits per heavy atom. The maximum absolute atomic E-state index is 10.3. The molecule has 2 rings (SSSR count). The van der Waals surface area contributed by atoms with E-state index in [0.29, 0.717) is 24.8 Å². The average Bonchev–Trinajstić information content (AvgIpc) is 2.94. The van der Waals surface area contributed by atoms with E-state index in [4.69, 9.17) is 9.26 Å². The molecule has 0 amide bonds. The van der Waals surface area contributed by atoms with Crippen molar-refractivity contribution in [3.63, 3.8) is 0 Å². The van der Waals surface area contributed by atoms with Crippen LogP contribution in [0.1, 0.15) is 30.3 Å². The molecule has 1 unspecified atom stereocenters. The molecule has 0 saturated carbocycles. The summed E-state index contributed by atoms with van der Waals surface area (Å²) in [7, 11) is 3.51. The minimum absolute atomic E-state index is 0.469. The first-order chi connectivity index (χ1) is 10.1. The highest BCUT2D eigenvalue weighted by atomic mass is 16.5. The van der Waals surface area contributed by atoms with Gasteiger partial charge in [-0.1, -0.05) is 24.2 Å². The van der Waals surface area contributed by atoms with Crippen molar-refractivity contribution in [3.05, 3.63) is 41.5 Å². The molecule has 0 bridgehead atoms. The molecule has 0 radical (unpaired) electrons. The first-order valence-electron chi connectivity index (χ1n) is 6.94. The smallest absolute Gasteiger partial charge is 0.240 e. The number of aliphatic hydroxyl groups is 1. The predicted molar refractivity (Wildman–Crippen MR) is 78.0 cm³/mol. The van der Waals surface area contributed by atoms with Crippen LogP contribution in [0.2, 0.25) is 0 Å². The van der Waals surface area contributed by atoms with E-state index in [0.717, 1.165) is 17.7 Å². The highest BCUT2D eigenvalue weighted by Crippen LogP contribution is 2.20. The third-order valence-electron chi connectivity index (χ3n) is 3.19. The molecule has 6 nitrogen and oxygen atoms in total. The van der Waals surface area contributed by atoms with Gasteiger partial charge >= 0.3 is 0 Å². The predicted octanol–water partition coefficient (Wildman–Crippen LogP) is 1.81. The second-order valence-electron chi connectivity index (χ2n) is 4.95. The van der Waals surface area contributed by atoms with Crippen molar-refractivity contribution < 1.29 is 14.4 Å². The van der Waals surface area contributed by atoms with Crippen molar-refractivity contribution in [1.82, 2.24) is 15.0 Å². The van der Waals surface area contributed by atoms with E-state index < -0.39 is 6.10 Å². The molecule has 0 aliphatic carbocycles. The molecule has 1 aromatic heterocycles. The van der Waals surface area contributed by atoms with Crippen molar-refractivity contribution in [1.29, 1.82) is 0 Å². The SMILES string of the molecule is CCc1noc(CN(C)CC(O)c2cccc(OC)c2)n1. The van der Waals surface area contributed by atoms with Crippen molar-refractivity contribution in [3.8, 4) is 5.75 Å². The number of aliphatic hydroxyl groups excluding tert-OH is 1. The molecule has 1 atom stereocenters. The van der Waals surface area contributed by atoms with Gasteiger partial charge in [-0.05, 0) is 24.7 Å². The van der Waals surface area contributed by atoms with Crippen LogP contribution in [-0.2, 0) is 13.0 Å². The molecular weight excluding hydrogens is 270 g/mol. The summed E-state index contributed by atoms with van der Waals surface area (Å²) in [6, 6.07) is 7.43. The van der Waals surface area contributed by atoms with Crippen LogP contribution >= 0.6 is 0 Å². The number of ether oxygens (including phenoxy) is 1. The van der Waals surface area contributed by atoms with Gasteiger partial charge in [-0.3, -0.25) is 4.90 Å². The zero-order valence-corrected chi connectivity index (χ0v) is 12.6. The molecule has 21 heavy (non-hydrogen) atoms. The van der Waals surface area contributed by atoms with Crippen LogP contribution in [0.15, 0.2) is 28.8 Å². The van der Waals surface area contributed by atoms with E-state index in [2.05, 4.69) is 10.1 Å². The standard InChI is InChI=1S/C15H21N3O3/c1-4-14-16-15(21-17-14)10-18(2)9-13(19)11-6-5-7-12(8-11)20-3/h5-8,13,19H,4,9-10H2,1-3H3. The molecule has 0 aliphatic heterocycles. The van der Waals surface area contributed by atoms with Crippen LogP contribution in [0.4, 0.5) is 0 Å². The Hall–Kier alpha value is -1.92. The minimum atomic E-state index is -0.598. The van der Waals surface area contributed by atoms with E-state index in [1.54, 1.807) is 7.11 Å². The van der Waals surface area contributed by atoms with Crippen LogP contribution < -0.4 is 4.74 Å². The fourth-order valence-electron chi connectivity index (χ4n) is 2.04. The second-order valence-corrected chi connectivity index (χ2v) is 4.95. The molecule has 1 aromatic carbocycles. The van der Waals surface area contributed by atoms with Gasteiger partial charge in [0.1, 0.15) is 5.75 Å². The van der Waals surface area contributed by atoms with Gasteiger partial charge in [0.15, 0.2) is 5.82 Å². The summed E-state index contributed by atoms with van der Waals surface area (Å²) in [5.74, 6) is 2.00. The number of benzene rings is 1. The number of aryl methyl sites for hydroxylation is 1. The van der Waals surface area contributed by atoms with Gasteiger partial charge in [0.25, 0.3) is 0 Å². The Balaban J connectivity index is 1.93. The van der Waals surface area contributed by atoms with Gasteiger partial charge in [0.2, 0.25) is 5.89 Å². The Morgan fingerprint density at radius 1 is 1.43 bits per heavy atom. The maximum Gasteiger partial charge on any atom is 0.240 e. The molecule has 6 heteroatoms. The maximum atomic E-state index is 10.3. The zero-order valence-electron chi connectivity index (χ0n) is 12.6. The van der Waals surface area contributed by atoms with E-state index in [1.807, 2.05) is 43.1 Å². The molecule has 1 heterocycles. The normalized spacial score (nSPS) is 12.6. The van der Waals surface area contributed by atoms with E-state index in [9.17, 15) is 5.11 Å². The zero-order chi connectivity index (χ0) is 15.2. The lowest BCUT2D eigenvalue weighted by Crippen LogP contribution is -2.24. The van der Waals surface area contributed by atoms with Gasteiger partial charge in [-0.2, -0.15) is 4.98 Å². The van der Waals surface area contributed by atoms with E-state index in [1.165, 1.54) is 0 Å². The third kappa shape index (κ3) is 4.27. The van der Waals surface area contributed by atoms with Crippen LogP contribution in [0.5, 0.6) is 5.75 Å². The lowest BCUT2D eigenvalue weighted by atomic mass is 10.1. The fraction of sp³-hybridized carbons (Fsp3) is 0.467. The number of rotatable bonds is 7. The molecule has 0 fully saturated rings. The topological polar surface area (TPSA) is 71.6 Å². The quantitative estimate of drug-likeness (QED) is 0.839. The fourth-order valence-corrected chi connectivity index (χ4v) is 2.04. The minimum Gasteiger partial charge on any atom is -0.497 e. The highest BCUT2D eigenvalue weighted by Gasteiger charge is 2.14. The summed E-state index contributed by atoms with van der Waals surface area (Å²) in [5.41, 5.74) is 0.820. The van der Waals surface area contributed by atoms with Crippen molar-refractivity contribution in [2.24, 2.45) is 0 Å². The summed E-state index contributed by atoms with van der Waals surface area (Å²) in [5, 5.41) is 14.1. The Morgan fingerprint density at radius 3 is 2.90 bits per heavy atom. The van der Waals surface area contributed by atoms with Crippen LogP contribution in [-0.4, -0.2) is 40.8 Å². The van der Waals surface area contributed by atoms with Crippen molar-refractivity contribution in [2.45, 2.75) is 26.0 Å². The summed E-state index contributed by atoms with van der Waals surface area (Å²) in [6.45, 7) is 2.95. The van der Waals surface area contributed by atoms with Gasteiger partial charge in [-0.15, -0.1) is 0 Å². The molecule has 0 saturated heterocycles. The Kier molecular flexibility index (Phi) is 5.30. The van der Waals surface area contributed by atoms with Crippen molar-refractivity contribution >= 4 is 0 Å². The molecular formula is C15H21N3O3. The van der Waals surface area contributed by atoms with Crippen LogP contribution in [0, 0.1) is 0 Å². The molecule has 1 N–H and O–H groups in total. The van der Waals surface area contributed by atoms with Gasteiger partial charge in [0, 0.05) is 13.0 Å². The number of nitrogens with zero attached hydrogens (tertiary/aromatic N) is 3. The van der Waals surface area contributed by atoms with Crippen LogP contribution in [0.25, 0.3) is 0 Å². The largest absolute Gasteiger partial charge is 0.497 e. The molecule has 0 aliphatic rings. The third-order valence-corrected chi connectivity index (χ3v) is 3.19. The first kappa shape index (κ1) is 15.5. The summed E-state index contributed by atoms with van der Waals surface area (Å²) in [4.78, 5) is 6.20. The summed E-state index contributed by atoms with van der Waals surface area (Å²) < 4.78 is 10.3. The average molecular weight is 291 g/mol. The van der Waals surface area contributed by atoms with Crippen molar-refractivity contribution in [2.75, 3.05) is 20.7 Å². The Labute approximate surface area is 124 Å². The highest BCUT2D eigenvalue weighted by molar-refractivity contribution is 5.29. The lowest BCUT2D eigenvalue weighted by molar-refractivity contribution is 0.117. The summed E-state index contributed by atoms with van der Waals surface area (Å²) in [6.07, 6.45) is 0.151. The van der Waals surface area contributed by atoms with E-state index >= 15 is 0 Å². The molecule has 2 aromatic rings. The molecule has 0 spiro atoms. The van der Waals surface area contributed by atoms with E-state index in [-0.39, 0.29) is 0 Å². The number of hydrogen-bond donors (Lipinski definition) is 1. The summed E-state index contributed by atoms with van der Waals surface area (Å²) >= 11 is 0. The van der Waals surface area contributed by atoms with Crippen LogP contribution in [0.3, 0.4) is 0 Å².